The highest BCUT2D eigenvalue weighted by molar-refractivity contribution is 5.83. The molecule has 12 heavy (non-hydrogen) atoms. The second-order valence-corrected chi connectivity index (χ2v) is 3.63. The quantitative estimate of drug-likeness (QED) is 0.359. The molecule has 0 N–H and O–H groups in total. The van der Waals surface area contributed by atoms with Gasteiger partial charge in [-0.25, -0.2) is 4.79 Å². The maximum Gasteiger partial charge on any atom is 0.331 e. The number of carbonyl (C=O) groups is 1. The lowest BCUT2D eigenvalue weighted by molar-refractivity contribution is -0.148. The van der Waals surface area contributed by atoms with Gasteiger partial charge in [0, 0.05) is 6.08 Å². The van der Waals surface area contributed by atoms with Crippen molar-refractivity contribution >= 4 is 5.97 Å². The van der Waals surface area contributed by atoms with Crippen molar-refractivity contribution in [2.24, 2.45) is 0 Å². The van der Waals surface area contributed by atoms with Gasteiger partial charge in [-0.15, -0.1) is 0 Å². The fraction of sp³-hybridized carbons (Fsp3) is 0.500. The van der Waals surface area contributed by atoms with Crippen LogP contribution < -0.4 is 0 Å². The lowest BCUT2D eigenvalue weighted by Crippen LogP contribution is -2.22. The van der Waals surface area contributed by atoms with Crippen molar-refractivity contribution in [3.05, 3.63) is 24.3 Å². The monoisotopic (exact) mass is 168 g/mol. The Labute approximate surface area is 73.9 Å². The summed E-state index contributed by atoms with van der Waals surface area (Å²) >= 11 is 0. The van der Waals surface area contributed by atoms with Gasteiger partial charge in [-0.2, -0.15) is 0 Å². The summed E-state index contributed by atoms with van der Waals surface area (Å²) < 4.78 is 5.05. The lowest BCUT2D eigenvalue weighted by Gasteiger charge is -2.18. The van der Waals surface area contributed by atoms with Gasteiger partial charge in [-0.05, 0) is 33.3 Å². The van der Waals surface area contributed by atoms with E-state index in [2.05, 4.69) is 6.58 Å². The van der Waals surface area contributed by atoms with Crippen LogP contribution >= 0.6 is 0 Å². The Morgan fingerprint density at radius 1 is 1.42 bits per heavy atom. The summed E-state index contributed by atoms with van der Waals surface area (Å²) in [5.41, 5.74) is 0.388. The summed E-state index contributed by atoms with van der Waals surface area (Å²) in [6.07, 6.45) is 3.04. The molecule has 0 atom stereocenters. The van der Waals surface area contributed by atoms with Crippen LogP contribution in [-0.4, -0.2) is 11.6 Å². The molecule has 0 bridgehead atoms. The first-order valence-electron chi connectivity index (χ1n) is 3.89. The highest BCUT2D eigenvalue weighted by Gasteiger charge is 2.13. The average Bonchev–Trinajstić information content (AvgIpc) is 1.82. The molecule has 0 fully saturated rings. The van der Waals surface area contributed by atoms with Crippen LogP contribution in [0, 0.1) is 0 Å². The second kappa shape index (κ2) is 4.10. The number of hydrogen-bond acceptors (Lipinski definition) is 2. The van der Waals surface area contributed by atoms with E-state index in [1.54, 1.807) is 13.0 Å². The van der Waals surface area contributed by atoms with Crippen LogP contribution in [0.2, 0.25) is 0 Å². The van der Waals surface area contributed by atoms with Crippen LogP contribution in [0.25, 0.3) is 0 Å². The van der Waals surface area contributed by atoms with Crippen LogP contribution in [0.5, 0.6) is 0 Å². The molecule has 0 rings (SSSR count). The normalized spacial score (nSPS) is 12.5. The minimum atomic E-state index is -0.422. The summed E-state index contributed by atoms with van der Waals surface area (Å²) in [4.78, 5) is 11.1. The topological polar surface area (TPSA) is 26.3 Å². The molecule has 2 nitrogen and oxygen atoms in total. The second-order valence-electron chi connectivity index (χ2n) is 3.63. The first-order chi connectivity index (χ1) is 5.35. The van der Waals surface area contributed by atoms with Crippen molar-refractivity contribution in [3.8, 4) is 0 Å². The number of esters is 1. The van der Waals surface area contributed by atoms with E-state index in [9.17, 15) is 4.79 Å². The summed E-state index contributed by atoms with van der Waals surface area (Å²) in [6, 6.07) is 0. The van der Waals surface area contributed by atoms with E-state index in [0.717, 1.165) is 5.57 Å². The SMILES string of the molecule is C=CC(C)=CC(=O)OC(C)(C)C. The largest absolute Gasteiger partial charge is 0.457 e. The molecule has 0 heterocycles. The number of carbonyl (C=O) groups excluding carboxylic acids is 1. The van der Waals surface area contributed by atoms with Gasteiger partial charge >= 0.3 is 5.97 Å². The van der Waals surface area contributed by atoms with Gasteiger partial charge in [0.25, 0.3) is 0 Å². The van der Waals surface area contributed by atoms with Crippen LogP contribution in [0.4, 0.5) is 0 Å². The van der Waals surface area contributed by atoms with Crippen molar-refractivity contribution in [2.45, 2.75) is 33.3 Å². The first-order valence-corrected chi connectivity index (χ1v) is 3.89. The maximum atomic E-state index is 11.1. The van der Waals surface area contributed by atoms with E-state index in [-0.39, 0.29) is 5.97 Å². The molecule has 0 radical (unpaired) electrons. The van der Waals surface area contributed by atoms with Gasteiger partial charge in [0.1, 0.15) is 5.60 Å². The van der Waals surface area contributed by atoms with Crippen LogP contribution in [0.15, 0.2) is 24.3 Å². The Morgan fingerprint density at radius 2 is 1.92 bits per heavy atom. The predicted octanol–water partition coefficient (Wildman–Crippen LogP) is 2.46. The zero-order valence-electron chi connectivity index (χ0n) is 8.18. The maximum absolute atomic E-state index is 11.1. The zero-order chi connectivity index (χ0) is 9.78. The molecule has 0 aromatic carbocycles. The third-order valence-electron chi connectivity index (χ3n) is 1.07. The molecular weight excluding hydrogens is 152 g/mol. The predicted molar refractivity (Wildman–Crippen MR) is 49.8 cm³/mol. The van der Waals surface area contributed by atoms with E-state index >= 15 is 0 Å². The number of hydrogen-bond donors (Lipinski definition) is 0. The molecule has 0 spiro atoms. The van der Waals surface area contributed by atoms with Gasteiger partial charge in [0.2, 0.25) is 0 Å². The summed E-state index contributed by atoms with van der Waals surface area (Å²) in [5.74, 6) is -0.320. The van der Waals surface area contributed by atoms with Crippen molar-refractivity contribution < 1.29 is 9.53 Å². The molecule has 0 amide bonds. The Bertz CT molecular complexity index is 206. The van der Waals surface area contributed by atoms with E-state index in [1.165, 1.54) is 6.08 Å². The van der Waals surface area contributed by atoms with Crippen molar-refractivity contribution in [1.82, 2.24) is 0 Å². The third kappa shape index (κ3) is 5.71. The van der Waals surface area contributed by atoms with E-state index in [4.69, 9.17) is 4.74 Å². The third-order valence-corrected chi connectivity index (χ3v) is 1.07. The number of rotatable bonds is 2. The van der Waals surface area contributed by atoms with E-state index in [1.807, 2.05) is 20.8 Å². The molecule has 0 saturated carbocycles. The van der Waals surface area contributed by atoms with Crippen molar-refractivity contribution in [2.75, 3.05) is 0 Å². The van der Waals surface area contributed by atoms with Crippen molar-refractivity contribution in [1.29, 1.82) is 0 Å². The minimum Gasteiger partial charge on any atom is -0.457 e. The summed E-state index contributed by atoms with van der Waals surface area (Å²) in [5, 5.41) is 0. The molecule has 0 saturated heterocycles. The smallest absolute Gasteiger partial charge is 0.331 e. The molecule has 0 aliphatic heterocycles. The first kappa shape index (κ1) is 11.0. The molecule has 0 aromatic rings. The van der Waals surface area contributed by atoms with Crippen LogP contribution in [0.3, 0.4) is 0 Å². The molecule has 0 aliphatic rings. The molecule has 0 aromatic heterocycles. The molecule has 68 valence electrons. The zero-order valence-corrected chi connectivity index (χ0v) is 8.18. The Hall–Kier alpha value is -1.05. The lowest BCUT2D eigenvalue weighted by atomic mass is 10.2. The highest BCUT2D eigenvalue weighted by atomic mass is 16.6. The van der Waals surface area contributed by atoms with Crippen molar-refractivity contribution in [3.63, 3.8) is 0 Å². The van der Waals surface area contributed by atoms with Gasteiger partial charge < -0.3 is 4.74 Å². The summed E-state index contributed by atoms with van der Waals surface area (Å²) in [7, 11) is 0. The molecule has 2 heteroatoms. The number of allylic oxidation sites excluding steroid dienone is 2. The van der Waals surface area contributed by atoms with Gasteiger partial charge in [-0.1, -0.05) is 12.7 Å². The average molecular weight is 168 g/mol. The van der Waals surface area contributed by atoms with Gasteiger partial charge in [0.15, 0.2) is 0 Å². The minimum absolute atomic E-state index is 0.320. The van der Waals surface area contributed by atoms with Crippen LogP contribution in [-0.2, 0) is 9.53 Å². The van der Waals surface area contributed by atoms with E-state index < -0.39 is 5.60 Å². The summed E-state index contributed by atoms with van der Waals surface area (Å²) in [6.45, 7) is 10.8. The highest BCUT2D eigenvalue weighted by Crippen LogP contribution is 2.08. The fourth-order valence-corrected chi connectivity index (χ4v) is 0.576. The Kier molecular flexibility index (Phi) is 3.74. The molecule has 0 unspecified atom stereocenters. The Morgan fingerprint density at radius 3 is 2.25 bits per heavy atom. The Balaban J connectivity index is 4.16. The van der Waals surface area contributed by atoms with Gasteiger partial charge in [-0.3, -0.25) is 0 Å². The standard InChI is InChI=1S/C10H16O2/c1-6-8(2)7-9(11)12-10(3,4)5/h6-7H,1H2,2-5H3. The molecule has 0 aliphatic carbocycles. The van der Waals surface area contributed by atoms with E-state index in [0.29, 0.717) is 0 Å². The number of ether oxygens (including phenoxy) is 1. The molecular formula is C10H16O2. The van der Waals surface area contributed by atoms with Crippen LogP contribution in [0.1, 0.15) is 27.7 Å². The van der Waals surface area contributed by atoms with Gasteiger partial charge in [0.05, 0.1) is 0 Å². The fourth-order valence-electron chi connectivity index (χ4n) is 0.576.